The summed E-state index contributed by atoms with van der Waals surface area (Å²) in [7, 11) is 0. The fraction of sp³-hybridized carbons (Fsp3) is 0.500. The molecule has 1 fully saturated rings. The van der Waals surface area contributed by atoms with Gasteiger partial charge in [-0.05, 0) is 31.0 Å². The Kier molecular flexibility index (Phi) is 5.64. The van der Waals surface area contributed by atoms with Crippen LogP contribution in [-0.4, -0.2) is 46.7 Å². The van der Waals surface area contributed by atoms with Crippen molar-refractivity contribution in [3.05, 3.63) is 28.7 Å². The molecule has 2 N–H and O–H groups in total. The van der Waals surface area contributed by atoms with Crippen LogP contribution in [0.2, 0.25) is 0 Å². The number of aliphatic hydroxyl groups excluding tert-OH is 1. The quantitative estimate of drug-likeness (QED) is 0.706. The summed E-state index contributed by atoms with van der Waals surface area (Å²) in [5, 5.41) is 12.8. The van der Waals surface area contributed by atoms with Gasteiger partial charge >= 0.3 is 6.03 Å². The summed E-state index contributed by atoms with van der Waals surface area (Å²) >= 11 is 3.34. The molecule has 0 radical (unpaired) electrons. The van der Waals surface area contributed by atoms with E-state index in [-0.39, 0.29) is 19.1 Å². The molecule has 1 aromatic rings. The van der Waals surface area contributed by atoms with E-state index < -0.39 is 17.7 Å². The van der Waals surface area contributed by atoms with Crippen LogP contribution in [0.1, 0.15) is 26.7 Å². The van der Waals surface area contributed by atoms with Crippen molar-refractivity contribution in [1.29, 1.82) is 0 Å². The lowest BCUT2D eigenvalue weighted by Gasteiger charge is -2.24. The largest absolute Gasteiger partial charge is 0.491 e. The Balaban J connectivity index is 1.93. The molecule has 1 aliphatic heterocycles. The molecule has 1 heterocycles. The molecule has 0 spiro atoms. The number of carbonyl (C=O) groups is 2. The fourth-order valence-corrected chi connectivity index (χ4v) is 2.96. The normalized spacial score (nSPS) is 18.0. The Bertz CT molecular complexity index is 589. The van der Waals surface area contributed by atoms with Gasteiger partial charge in [-0.15, -0.1) is 0 Å². The minimum Gasteiger partial charge on any atom is -0.491 e. The van der Waals surface area contributed by atoms with Crippen LogP contribution >= 0.6 is 15.9 Å². The zero-order valence-corrected chi connectivity index (χ0v) is 14.8. The van der Waals surface area contributed by atoms with E-state index >= 15 is 0 Å². The summed E-state index contributed by atoms with van der Waals surface area (Å²) in [4.78, 5) is 25.5. The van der Waals surface area contributed by atoms with Gasteiger partial charge in [0.05, 0.1) is 6.54 Å². The van der Waals surface area contributed by atoms with E-state index in [1.165, 1.54) is 0 Å². The predicted octanol–water partition coefficient (Wildman–Crippen LogP) is 2.30. The van der Waals surface area contributed by atoms with Crippen LogP contribution in [0.4, 0.5) is 4.79 Å². The number of nitrogens with one attached hydrogen (secondary N) is 1. The highest BCUT2D eigenvalue weighted by Crippen LogP contribution is 2.25. The van der Waals surface area contributed by atoms with E-state index in [4.69, 9.17) is 4.74 Å². The summed E-state index contributed by atoms with van der Waals surface area (Å²) in [6.45, 7) is 3.63. The lowest BCUT2D eigenvalue weighted by Crippen LogP contribution is -2.46. The number of nitrogens with zero attached hydrogens (tertiary/aromatic N) is 1. The van der Waals surface area contributed by atoms with Crippen molar-refractivity contribution in [2.75, 3.05) is 13.2 Å². The first kappa shape index (κ1) is 17.7. The SMILES string of the molecule is CCC1(CC)NC(=O)N(C[C@H](O)COc2cccc(Br)c2)C1=O. The van der Waals surface area contributed by atoms with E-state index in [1.807, 2.05) is 26.0 Å². The Morgan fingerprint density at radius 1 is 1.35 bits per heavy atom. The number of β-amino-alcohol motifs (C(OH)–C–C–N with tert-alkyl or cyclic N) is 1. The highest BCUT2D eigenvalue weighted by Gasteiger charge is 2.48. The summed E-state index contributed by atoms with van der Waals surface area (Å²) in [6.07, 6.45) is 0.0953. The van der Waals surface area contributed by atoms with Crippen molar-refractivity contribution in [2.24, 2.45) is 0 Å². The van der Waals surface area contributed by atoms with Gasteiger partial charge in [0.15, 0.2) is 0 Å². The van der Waals surface area contributed by atoms with E-state index in [1.54, 1.807) is 12.1 Å². The maximum absolute atomic E-state index is 12.4. The summed E-state index contributed by atoms with van der Waals surface area (Å²) in [5.41, 5.74) is -0.845. The van der Waals surface area contributed by atoms with Crippen LogP contribution in [0.25, 0.3) is 0 Å². The third-order valence-electron chi connectivity index (χ3n) is 4.08. The molecule has 7 heteroatoms. The van der Waals surface area contributed by atoms with Crippen molar-refractivity contribution in [2.45, 2.75) is 38.3 Å². The first-order valence-corrected chi connectivity index (χ1v) is 8.41. The van der Waals surface area contributed by atoms with Gasteiger partial charge in [0.2, 0.25) is 0 Å². The molecule has 0 unspecified atom stereocenters. The van der Waals surface area contributed by atoms with E-state index in [0.29, 0.717) is 18.6 Å². The number of rotatable bonds is 7. The molecule has 0 aromatic heterocycles. The summed E-state index contributed by atoms with van der Waals surface area (Å²) < 4.78 is 6.35. The average Bonchev–Trinajstić information content (AvgIpc) is 2.78. The number of amides is 3. The highest BCUT2D eigenvalue weighted by molar-refractivity contribution is 9.10. The molecule has 3 amide bonds. The van der Waals surface area contributed by atoms with E-state index in [0.717, 1.165) is 9.37 Å². The third kappa shape index (κ3) is 3.84. The van der Waals surface area contributed by atoms with Crippen LogP contribution in [0.15, 0.2) is 28.7 Å². The van der Waals surface area contributed by atoms with Gasteiger partial charge in [0.25, 0.3) is 5.91 Å². The zero-order valence-electron chi connectivity index (χ0n) is 13.2. The van der Waals surface area contributed by atoms with Crippen molar-refractivity contribution >= 4 is 27.9 Å². The van der Waals surface area contributed by atoms with Crippen LogP contribution in [0, 0.1) is 0 Å². The first-order chi connectivity index (χ1) is 10.9. The third-order valence-corrected chi connectivity index (χ3v) is 4.58. The number of benzene rings is 1. The molecule has 1 aliphatic rings. The Labute approximate surface area is 143 Å². The molecule has 0 bridgehead atoms. The van der Waals surface area contributed by atoms with Gasteiger partial charge < -0.3 is 15.2 Å². The second kappa shape index (κ2) is 7.31. The first-order valence-electron chi connectivity index (χ1n) is 7.62. The zero-order chi connectivity index (χ0) is 17.0. The number of urea groups is 1. The maximum Gasteiger partial charge on any atom is 0.325 e. The van der Waals surface area contributed by atoms with Gasteiger partial charge in [-0.25, -0.2) is 4.79 Å². The van der Waals surface area contributed by atoms with Gasteiger partial charge in [0.1, 0.15) is 24.0 Å². The van der Waals surface area contributed by atoms with Gasteiger partial charge in [0, 0.05) is 4.47 Å². The summed E-state index contributed by atoms with van der Waals surface area (Å²) in [6, 6.07) is 6.77. The van der Waals surface area contributed by atoms with E-state index in [2.05, 4.69) is 21.2 Å². The number of hydrogen-bond acceptors (Lipinski definition) is 4. The number of halogens is 1. The molecule has 2 rings (SSSR count). The van der Waals surface area contributed by atoms with Gasteiger partial charge in [-0.2, -0.15) is 0 Å². The highest BCUT2D eigenvalue weighted by atomic mass is 79.9. The molecular weight excluding hydrogens is 364 g/mol. The lowest BCUT2D eigenvalue weighted by molar-refractivity contribution is -0.132. The van der Waals surface area contributed by atoms with Crippen molar-refractivity contribution in [3.8, 4) is 5.75 Å². The summed E-state index contributed by atoms with van der Waals surface area (Å²) in [5.74, 6) is 0.320. The van der Waals surface area contributed by atoms with Crippen molar-refractivity contribution < 1.29 is 19.4 Å². The average molecular weight is 385 g/mol. The topological polar surface area (TPSA) is 78.9 Å². The number of ether oxygens (including phenoxy) is 1. The van der Waals surface area contributed by atoms with Crippen LogP contribution in [0.5, 0.6) is 5.75 Å². The van der Waals surface area contributed by atoms with Crippen molar-refractivity contribution in [3.63, 3.8) is 0 Å². The molecule has 23 heavy (non-hydrogen) atoms. The van der Waals surface area contributed by atoms with Gasteiger partial charge in [-0.1, -0.05) is 35.8 Å². The maximum atomic E-state index is 12.4. The minimum atomic E-state index is -0.951. The number of hydrogen-bond donors (Lipinski definition) is 2. The lowest BCUT2D eigenvalue weighted by atomic mass is 9.93. The molecular formula is C16H21BrN2O4. The van der Waals surface area contributed by atoms with Crippen LogP contribution < -0.4 is 10.1 Å². The number of imide groups is 1. The predicted molar refractivity (Wildman–Crippen MR) is 89.2 cm³/mol. The smallest absolute Gasteiger partial charge is 0.325 e. The molecule has 6 nitrogen and oxygen atoms in total. The molecule has 0 saturated carbocycles. The number of aliphatic hydroxyl groups is 1. The Hall–Kier alpha value is -1.60. The molecule has 0 aliphatic carbocycles. The van der Waals surface area contributed by atoms with Crippen LogP contribution in [-0.2, 0) is 4.79 Å². The van der Waals surface area contributed by atoms with Crippen LogP contribution in [0.3, 0.4) is 0 Å². The minimum absolute atomic E-state index is 0.00123. The monoisotopic (exact) mass is 384 g/mol. The number of carbonyl (C=O) groups excluding carboxylic acids is 2. The van der Waals surface area contributed by atoms with Gasteiger partial charge in [-0.3, -0.25) is 9.69 Å². The molecule has 1 aromatic carbocycles. The Morgan fingerprint density at radius 2 is 2.04 bits per heavy atom. The van der Waals surface area contributed by atoms with E-state index in [9.17, 15) is 14.7 Å². The van der Waals surface area contributed by atoms with Crippen molar-refractivity contribution in [1.82, 2.24) is 10.2 Å². The fourth-order valence-electron chi connectivity index (χ4n) is 2.58. The Morgan fingerprint density at radius 3 is 2.61 bits per heavy atom. The molecule has 1 atom stereocenters. The molecule has 126 valence electrons. The second-order valence-electron chi connectivity index (χ2n) is 5.56. The second-order valence-corrected chi connectivity index (χ2v) is 6.47. The molecule has 1 saturated heterocycles. The standard InChI is InChI=1S/C16H21BrN2O4/c1-3-16(4-2)14(21)19(15(22)18-16)9-12(20)10-23-13-7-5-6-11(17)8-13/h5-8,12,20H,3-4,9-10H2,1-2H3,(H,18,22)/t12-/m0/s1.